The molecule has 0 spiro atoms. The summed E-state index contributed by atoms with van der Waals surface area (Å²) in [5, 5.41) is 26.9. The molecule has 0 amide bonds. The van der Waals surface area contributed by atoms with Crippen molar-refractivity contribution in [1.29, 1.82) is 0 Å². The topological polar surface area (TPSA) is 186 Å². The third-order valence-corrected chi connectivity index (χ3v) is 6.93. The summed E-state index contributed by atoms with van der Waals surface area (Å²) in [6, 6.07) is 0. The van der Waals surface area contributed by atoms with Gasteiger partial charge in [0, 0.05) is 39.7 Å². The van der Waals surface area contributed by atoms with Crippen molar-refractivity contribution in [2.24, 2.45) is 0 Å². The van der Waals surface area contributed by atoms with Crippen LogP contribution < -0.4 is 0 Å². The molecule has 0 saturated heterocycles. The highest BCUT2D eigenvalue weighted by Crippen LogP contribution is 2.42. The molecule has 0 aromatic carbocycles. The largest absolute Gasteiger partial charge is 0.527 e. The lowest BCUT2D eigenvalue weighted by Gasteiger charge is -2.30. The van der Waals surface area contributed by atoms with Gasteiger partial charge in [0.05, 0.1) is 38.4 Å². The fraction of sp³-hybridized carbons (Fsp3) is 0.600. The molecule has 0 heterocycles. The van der Waals surface area contributed by atoms with Crippen molar-refractivity contribution in [3.05, 3.63) is 37.4 Å². The van der Waals surface area contributed by atoms with Crippen LogP contribution in [0.2, 0.25) is 0 Å². The molecule has 176 valence electrons. The van der Waals surface area contributed by atoms with E-state index in [0.717, 1.165) is 4.90 Å². The van der Waals surface area contributed by atoms with Crippen LogP contribution in [0.15, 0.2) is 37.4 Å². The molecule has 0 aliphatic carbocycles. The van der Waals surface area contributed by atoms with Gasteiger partial charge in [0.1, 0.15) is 0 Å². The van der Waals surface area contributed by atoms with Crippen molar-refractivity contribution in [3.63, 3.8) is 0 Å². The molecule has 0 aromatic heterocycles. The van der Waals surface area contributed by atoms with Gasteiger partial charge >= 0.3 is 24.1 Å². The Bertz CT molecular complexity index is 604. The quantitative estimate of drug-likeness (QED) is 0.139. The van der Waals surface area contributed by atoms with Crippen LogP contribution in [0.4, 0.5) is 0 Å². The first kappa shape index (κ1) is 29.2. The lowest BCUT2D eigenvalue weighted by atomic mass is 10.3. The molecular weight excluding hydrogens is 473 g/mol. The molecule has 0 saturated carbocycles. The molecule has 0 aliphatic rings. The molecule has 0 radical (unpaired) electrons. The summed E-state index contributed by atoms with van der Waals surface area (Å²) < 4.78 is 36.8. The van der Waals surface area contributed by atoms with Crippen LogP contribution in [0.25, 0.3) is 0 Å². The standard InChI is InChI=1S/C15H27N4O9P3/c1-16(4-7-20)10-13(29(23)24)19(14(30(25)26)11-17(2)5-8-21)15(31(27)28)12-18(3)6-9-22/h4-9,13-15H,10-12H2,1-3H3,(H3-3,20,21,22,23,24,25,26,27,28)/p+3. The monoisotopic (exact) mass is 503 g/mol. The second-order valence-electron chi connectivity index (χ2n) is 6.51. The van der Waals surface area contributed by atoms with Crippen molar-refractivity contribution in [2.45, 2.75) is 17.3 Å². The zero-order valence-corrected chi connectivity index (χ0v) is 20.0. The van der Waals surface area contributed by atoms with Gasteiger partial charge in [0.15, 0.2) is 0 Å². The van der Waals surface area contributed by atoms with Crippen LogP contribution in [-0.4, -0.2) is 108 Å². The minimum atomic E-state index is -3.06. The molecule has 0 bridgehead atoms. The smallest absolute Gasteiger partial charge is 0.514 e. The molecule has 0 aromatic rings. The Hall–Kier alpha value is -1.84. The maximum Gasteiger partial charge on any atom is 0.527 e. The molecule has 6 unspecified atom stereocenters. The molecule has 0 rings (SSSR count). The van der Waals surface area contributed by atoms with E-state index in [1.165, 1.54) is 54.4 Å². The van der Waals surface area contributed by atoms with Gasteiger partial charge in [-0.3, -0.25) is 0 Å². The fourth-order valence-electron chi connectivity index (χ4n) is 2.73. The Morgan fingerprint density at radius 1 is 0.613 bits per heavy atom. The van der Waals surface area contributed by atoms with Crippen LogP contribution in [0, 0.1) is 0 Å². The molecule has 6 N–H and O–H groups in total. The number of rotatable bonds is 15. The minimum absolute atomic E-state index is 0.235. The number of aliphatic hydroxyl groups is 3. The number of nitrogens with zero attached hydrogens (tertiary/aromatic N) is 4. The van der Waals surface area contributed by atoms with Gasteiger partial charge in [0.25, 0.3) is 17.3 Å². The molecule has 16 heteroatoms. The van der Waals surface area contributed by atoms with Gasteiger partial charge in [-0.1, -0.05) is 0 Å². The van der Waals surface area contributed by atoms with Crippen LogP contribution in [-0.2, 0) is 13.7 Å². The highest BCUT2D eigenvalue weighted by Gasteiger charge is 2.57. The van der Waals surface area contributed by atoms with Crippen LogP contribution in [0.1, 0.15) is 0 Å². The van der Waals surface area contributed by atoms with Gasteiger partial charge in [-0.25, -0.2) is 0 Å². The van der Waals surface area contributed by atoms with Crippen LogP contribution in [0.3, 0.4) is 0 Å². The first-order valence-electron chi connectivity index (χ1n) is 8.76. The molecule has 6 atom stereocenters. The van der Waals surface area contributed by atoms with Crippen molar-refractivity contribution in [1.82, 2.24) is 19.6 Å². The summed E-state index contributed by atoms with van der Waals surface area (Å²) in [4.78, 5) is 35.0. The maximum absolute atomic E-state index is 12.3. The minimum Gasteiger partial charge on any atom is -0.514 e. The SMILES string of the molecule is CN(C=CO)CC(N(C(CN(C)C=CO)[P+](=O)O)C(CN(C)C=CO)[P+](=O)O)[P+](=O)O. The Balaban J connectivity index is 6.50. The Morgan fingerprint density at radius 3 is 1.00 bits per heavy atom. The maximum atomic E-state index is 12.3. The Labute approximate surface area is 183 Å². The molecule has 0 fully saturated rings. The predicted molar refractivity (Wildman–Crippen MR) is 116 cm³/mol. The predicted octanol–water partition coefficient (Wildman–Crippen LogP) is 1.35. The second-order valence-corrected chi connectivity index (χ2v) is 10.1. The van der Waals surface area contributed by atoms with E-state index >= 15 is 0 Å². The van der Waals surface area contributed by atoms with Crippen molar-refractivity contribution >= 4 is 24.1 Å². The lowest BCUT2D eigenvalue weighted by molar-refractivity contribution is 0.134. The molecule has 0 aliphatic heterocycles. The summed E-state index contributed by atoms with van der Waals surface area (Å²) >= 11 is 0. The van der Waals surface area contributed by atoms with E-state index in [0.29, 0.717) is 18.8 Å². The lowest BCUT2D eigenvalue weighted by Crippen LogP contribution is -2.54. The summed E-state index contributed by atoms with van der Waals surface area (Å²) in [5.74, 6) is -4.16. The van der Waals surface area contributed by atoms with Gasteiger partial charge in [-0.05, 0) is 13.7 Å². The van der Waals surface area contributed by atoms with Gasteiger partial charge in [0.2, 0.25) is 0 Å². The van der Waals surface area contributed by atoms with Gasteiger partial charge < -0.3 is 30.0 Å². The van der Waals surface area contributed by atoms with E-state index in [-0.39, 0.29) is 19.6 Å². The summed E-state index contributed by atoms with van der Waals surface area (Å²) in [6.45, 7) is -0.705. The van der Waals surface area contributed by atoms with E-state index in [9.17, 15) is 28.4 Å². The Morgan fingerprint density at radius 2 is 0.839 bits per heavy atom. The first-order chi connectivity index (χ1) is 14.5. The Kier molecular flexibility index (Phi) is 14.2. The summed E-state index contributed by atoms with van der Waals surface area (Å²) in [7, 11) is -4.76. The van der Waals surface area contributed by atoms with E-state index in [1.807, 2.05) is 0 Å². The summed E-state index contributed by atoms with van der Waals surface area (Å²) in [5.41, 5.74) is 0. The first-order valence-corrected chi connectivity index (χ1v) is 12.6. The summed E-state index contributed by atoms with van der Waals surface area (Å²) in [6.07, 6.45) is 5.64. The third-order valence-electron chi connectivity index (χ3n) is 4.11. The second kappa shape index (κ2) is 15.0. The average Bonchev–Trinajstić information content (AvgIpc) is 2.65. The van der Waals surface area contributed by atoms with E-state index in [2.05, 4.69) is 0 Å². The number of hydrogen-bond acceptors (Lipinski definition) is 10. The zero-order chi connectivity index (χ0) is 24.1. The highest BCUT2D eigenvalue weighted by atomic mass is 31.1. The average molecular weight is 503 g/mol. The van der Waals surface area contributed by atoms with E-state index in [1.54, 1.807) is 0 Å². The van der Waals surface area contributed by atoms with Crippen LogP contribution in [0.5, 0.6) is 0 Å². The highest BCUT2D eigenvalue weighted by molar-refractivity contribution is 7.41. The van der Waals surface area contributed by atoms with Crippen LogP contribution >= 0.6 is 24.1 Å². The van der Waals surface area contributed by atoms with Crippen molar-refractivity contribution in [3.8, 4) is 0 Å². The number of aliphatic hydroxyl groups excluding tert-OH is 3. The zero-order valence-electron chi connectivity index (χ0n) is 17.4. The normalized spacial score (nSPS) is 16.5. The van der Waals surface area contributed by atoms with E-state index < -0.39 is 41.4 Å². The number of likely N-dealkylation sites (N-methyl/N-ethyl adjacent to an activating group) is 3. The van der Waals surface area contributed by atoms with E-state index in [4.69, 9.17) is 15.3 Å². The number of hydrogen-bond donors (Lipinski definition) is 6. The molecular formula is C15H30N4O9P3+3. The van der Waals surface area contributed by atoms with Gasteiger partial charge in [-0.2, -0.15) is 19.6 Å². The van der Waals surface area contributed by atoms with Gasteiger partial charge in [-0.15, -0.1) is 0 Å². The third kappa shape index (κ3) is 10.3. The van der Waals surface area contributed by atoms with Crippen molar-refractivity contribution in [2.75, 3.05) is 40.8 Å². The molecule has 31 heavy (non-hydrogen) atoms. The fourth-order valence-corrected chi connectivity index (χ4v) is 5.88. The molecule has 13 nitrogen and oxygen atoms in total. The van der Waals surface area contributed by atoms with Crippen molar-refractivity contribution < 1.29 is 43.7 Å².